The summed E-state index contributed by atoms with van der Waals surface area (Å²) in [5.41, 5.74) is 1.73. The first-order valence-electron chi connectivity index (χ1n) is 7.88. The number of carbonyl (C=O) groups excluding carboxylic acids is 3. The number of anilines is 1. The molecule has 0 aliphatic heterocycles. The summed E-state index contributed by atoms with van der Waals surface area (Å²) in [6.45, 7) is 3.28. The van der Waals surface area contributed by atoms with Gasteiger partial charge in [0.2, 0.25) is 5.91 Å². The largest absolute Gasteiger partial charge is 0.453 e. The summed E-state index contributed by atoms with van der Waals surface area (Å²) >= 11 is 0. The van der Waals surface area contributed by atoms with Gasteiger partial charge in [-0.05, 0) is 37.6 Å². The van der Waals surface area contributed by atoms with E-state index in [0.29, 0.717) is 23.4 Å². The van der Waals surface area contributed by atoms with Gasteiger partial charge >= 0.3 is 5.97 Å². The minimum Gasteiger partial charge on any atom is -0.453 e. The third kappa shape index (κ3) is 5.49. The molecule has 0 spiro atoms. The lowest BCUT2D eigenvalue weighted by Gasteiger charge is -2.06. The molecule has 130 valence electrons. The summed E-state index contributed by atoms with van der Waals surface area (Å²) in [6, 6.07) is 6.41. The van der Waals surface area contributed by atoms with E-state index in [1.165, 1.54) is 12.4 Å². The van der Waals surface area contributed by atoms with Crippen LogP contribution in [0.25, 0.3) is 0 Å². The third-order valence-electron chi connectivity index (χ3n) is 3.29. The first-order chi connectivity index (χ1) is 12.0. The Kier molecular flexibility index (Phi) is 6.33. The Hall–Kier alpha value is -3.09. The third-order valence-corrected chi connectivity index (χ3v) is 3.29. The van der Waals surface area contributed by atoms with E-state index >= 15 is 0 Å². The second-order valence-corrected chi connectivity index (χ2v) is 5.42. The molecule has 0 saturated carbocycles. The first kappa shape index (κ1) is 18.3. The van der Waals surface area contributed by atoms with Crippen molar-refractivity contribution >= 4 is 23.3 Å². The predicted molar refractivity (Wildman–Crippen MR) is 91.4 cm³/mol. The molecular formula is C18H19N3O4. The monoisotopic (exact) mass is 341 g/mol. The molecule has 1 aromatic heterocycles. The molecule has 0 bridgehead atoms. The van der Waals surface area contributed by atoms with Crippen LogP contribution < -0.4 is 5.32 Å². The number of amides is 1. The van der Waals surface area contributed by atoms with E-state index < -0.39 is 12.6 Å². The van der Waals surface area contributed by atoms with Crippen molar-refractivity contribution in [2.45, 2.75) is 26.7 Å². The van der Waals surface area contributed by atoms with Gasteiger partial charge in [0.25, 0.3) is 0 Å². The van der Waals surface area contributed by atoms with Gasteiger partial charge in [0.15, 0.2) is 18.1 Å². The number of aryl methyl sites for hydroxylation is 1. The maximum absolute atomic E-state index is 12.1. The highest BCUT2D eigenvalue weighted by Gasteiger charge is 2.13. The van der Waals surface area contributed by atoms with Gasteiger partial charge in [-0.3, -0.25) is 14.6 Å². The van der Waals surface area contributed by atoms with E-state index in [9.17, 15) is 14.4 Å². The zero-order chi connectivity index (χ0) is 18.2. The number of nitrogens with zero attached hydrogens (tertiary/aromatic N) is 2. The summed E-state index contributed by atoms with van der Waals surface area (Å²) in [5, 5.41) is 2.73. The molecular weight excluding hydrogens is 322 g/mol. The number of ether oxygens (including phenoxy) is 1. The van der Waals surface area contributed by atoms with Gasteiger partial charge in [0.1, 0.15) is 0 Å². The molecule has 2 rings (SSSR count). The van der Waals surface area contributed by atoms with E-state index in [1.54, 1.807) is 31.2 Å². The standard InChI is InChI=1S/C18H19N3O4/c1-3-4-17(23)21-14-7-5-13(6-8-14)16(22)11-25-18(24)15-10-19-12(2)9-20-15/h5-10H,3-4,11H2,1-2H3,(H,21,23). The molecule has 1 heterocycles. The lowest BCUT2D eigenvalue weighted by molar-refractivity contribution is -0.116. The normalized spacial score (nSPS) is 10.2. The minimum atomic E-state index is -0.704. The van der Waals surface area contributed by atoms with Crippen molar-refractivity contribution < 1.29 is 19.1 Å². The van der Waals surface area contributed by atoms with Crippen molar-refractivity contribution in [3.05, 3.63) is 53.6 Å². The number of hydrogen-bond donors (Lipinski definition) is 1. The van der Waals surface area contributed by atoms with E-state index in [0.717, 1.165) is 6.42 Å². The molecule has 0 radical (unpaired) electrons. The van der Waals surface area contributed by atoms with E-state index in [4.69, 9.17) is 4.74 Å². The van der Waals surface area contributed by atoms with Crippen LogP contribution in [-0.2, 0) is 9.53 Å². The van der Waals surface area contributed by atoms with Gasteiger partial charge in [-0.2, -0.15) is 0 Å². The highest BCUT2D eigenvalue weighted by atomic mass is 16.5. The lowest BCUT2D eigenvalue weighted by Crippen LogP contribution is -2.15. The topological polar surface area (TPSA) is 98.2 Å². The van der Waals surface area contributed by atoms with Crippen LogP contribution in [0.15, 0.2) is 36.7 Å². The highest BCUT2D eigenvalue weighted by molar-refractivity contribution is 5.99. The zero-order valence-corrected chi connectivity index (χ0v) is 14.1. The molecule has 0 fully saturated rings. The van der Waals surface area contributed by atoms with Crippen molar-refractivity contribution in [2.24, 2.45) is 0 Å². The van der Waals surface area contributed by atoms with Crippen molar-refractivity contribution in [3.63, 3.8) is 0 Å². The fraction of sp³-hybridized carbons (Fsp3) is 0.278. The molecule has 0 atom stereocenters. The maximum Gasteiger partial charge on any atom is 0.358 e. The molecule has 7 heteroatoms. The number of carbonyl (C=O) groups is 3. The van der Waals surface area contributed by atoms with Gasteiger partial charge in [0, 0.05) is 23.9 Å². The summed E-state index contributed by atoms with van der Waals surface area (Å²) in [6.07, 6.45) is 3.96. The average Bonchev–Trinajstić information content (AvgIpc) is 2.61. The second-order valence-electron chi connectivity index (χ2n) is 5.42. The maximum atomic E-state index is 12.1. The first-order valence-corrected chi connectivity index (χ1v) is 7.88. The Labute approximate surface area is 145 Å². The van der Waals surface area contributed by atoms with Crippen LogP contribution in [0.5, 0.6) is 0 Å². The Morgan fingerprint density at radius 1 is 1.08 bits per heavy atom. The number of aromatic nitrogens is 2. The summed E-state index contributed by atoms with van der Waals surface area (Å²) in [7, 11) is 0. The van der Waals surface area contributed by atoms with Crippen molar-refractivity contribution in [2.75, 3.05) is 11.9 Å². The van der Waals surface area contributed by atoms with Crippen LogP contribution >= 0.6 is 0 Å². The molecule has 0 aliphatic carbocycles. The number of Topliss-reactive ketones (excluding diaryl/α,β-unsaturated/α-hetero) is 1. The molecule has 2 aromatic rings. The van der Waals surface area contributed by atoms with Crippen molar-refractivity contribution in [3.8, 4) is 0 Å². The Bertz CT molecular complexity index is 755. The van der Waals surface area contributed by atoms with Crippen molar-refractivity contribution in [1.82, 2.24) is 9.97 Å². The summed E-state index contributed by atoms with van der Waals surface area (Å²) < 4.78 is 4.95. The molecule has 0 aliphatic rings. The molecule has 25 heavy (non-hydrogen) atoms. The number of hydrogen-bond acceptors (Lipinski definition) is 6. The number of benzene rings is 1. The van der Waals surface area contributed by atoms with Gasteiger partial charge in [-0.25, -0.2) is 9.78 Å². The second kappa shape index (κ2) is 8.68. The number of nitrogens with one attached hydrogen (secondary N) is 1. The minimum absolute atomic E-state index is 0.0485. The van der Waals surface area contributed by atoms with Gasteiger partial charge in [-0.1, -0.05) is 6.92 Å². The highest BCUT2D eigenvalue weighted by Crippen LogP contribution is 2.11. The van der Waals surface area contributed by atoms with Crippen LogP contribution in [0.2, 0.25) is 0 Å². The summed E-state index contributed by atoms with van der Waals surface area (Å²) in [5.74, 6) is -1.13. The zero-order valence-electron chi connectivity index (χ0n) is 14.1. The van der Waals surface area contributed by atoms with Crippen LogP contribution in [-0.4, -0.2) is 34.2 Å². The average molecular weight is 341 g/mol. The molecule has 1 aromatic carbocycles. The quantitative estimate of drug-likeness (QED) is 0.614. The molecule has 0 saturated heterocycles. The van der Waals surface area contributed by atoms with E-state index in [2.05, 4.69) is 15.3 Å². The van der Waals surface area contributed by atoms with Crippen LogP contribution in [0.3, 0.4) is 0 Å². The van der Waals surface area contributed by atoms with E-state index in [1.807, 2.05) is 6.92 Å². The summed E-state index contributed by atoms with van der Waals surface area (Å²) in [4.78, 5) is 43.2. The molecule has 7 nitrogen and oxygen atoms in total. The van der Waals surface area contributed by atoms with Gasteiger partial charge in [0.05, 0.1) is 11.9 Å². The number of rotatable bonds is 7. The predicted octanol–water partition coefficient (Wildman–Crippen LogP) is 2.56. The smallest absolute Gasteiger partial charge is 0.358 e. The molecule has 1 N–H and O–H groups in total. The molecule has 1 amide bonds. The lowest BCUT2D eigenvalue weighted by atomic mass is 10.1. The Balaban J connectivity index is 1.89. The van der Waals surface area contributed by atoms with Crippen LogP contribution in [0.4, 0.5) is 5.69 Å². The van der Waals surface area contributed by atoms with Crippen LogP contribution in [0, 0.1) is 6.92 Å². The fourth-order valence-electron chi connectivity index (χ4n) is 1.98. The Morgan fingerprint density at radius 2 is 1.80 bits per heavy atom. The SMILES string of the molecule is CCCC(=O)Nc1ccc(C(=O)COC(=O)c2cnc(C)cn2)cc1. The van der Waals surface area contributed by atoms with Crippen LogP contribution in [0.1, 0.15) is 46.3 Å². The van der Waals surface area contributed by atoms with Crippen molar-refractivity contribution in [1.29, 1.82) is 0 Å². The van der Waals surface area contributed by atoms with E-state index in [-0.39, 0.29) is 17.4 Å². The number of esters is 1. The van der Waals surface area contributed by atoms with Gasteiger partial charge < -0.3 is 10.1 Å². The van der Waals surface area contributed by atoms with Gasteiger partial charge in [-0.15, -0.1) is 0 Å². The fourth-order valence-corrected chi connectivity index (χ4v) is 1.98. The number of ketones is 1. The molecule has 0 unspecified atom stereocenters. The Morgan fingerprint density at radius 3 is 2.40 bits per heavy atom.